The number of thiazole rings is 1. The van der Waals surface area contributed by atoms with Crippen LogP contribution >= 0.6 is 22.9 Å². The van der Waals surface area contributed by atoms with Crippen LogP contribution in [-0.4, -0.2) is 39.6 Å². The third-order valence-electron chi connectivity index (χ3n) is 6.71. The number of aromatic nitrogens is 1. The van der Waals surface area contributed by atoms with Crippen LogP contribution in [0.15, 0.2) is 46.8 Å². The molecule has 2 aromatic carbocycles. The fourth-order valence-electron chi connectivity index (χ4n) is 4.45. The number of anilines is 2. The minimum Gasteiger partial charge on any atom is -0.469 e. The van der Waals surface area contributed by atoms with Crippen molar-refractivity contribution in [2.24, 2.45) is 5.92 Å². The average Bonchev–Trinajstić information content (AvgIpc) is 3.56. The lowest BCUT2D eigenvalue weighted by atomic mass is 10.0. The molecule has 1 fully saturated rings. The molecule has 0 N–H and O–H groups in total. The van der Waals surface area contributed by atoms with Gasteiger partial charge in [-0.2, -0.15) is 0 Å². The number of hydrogen-bond donors (Lipinski definition) is 0. The number of nitrogens with zero attached hydrogens (tertiary/aromatic N) is 3. The van der Waals surface area contributed by atoms with Gasteiger partial charge in [0.2, 0.25) is 0 Å². The molecular weight excluding hydrogens is 537 g/mol. The molecule has 0 bridgehead atoms. The highest BCUT2D eigenvalue weighted by atomic mass is 35.5. The van der Waals surface area contributed by atoms with Crippen LogP contribution in [0.1, 0.15) is 36.0 Å². The number of methoxy groups -OCH3 is 1. The Morgan fingerprint density at radius 3 is 2.73 bits per heavy atom. The highest BCUT2D eigenvalue weighted by molar-refractivity contribution is 7.93. The van der Waals surface area contributed by atoms with Gasteiger partial charge in [-0.25, -0.2) is 22.1 Å². The van der Waals surface area contributed by atoms with Crippen LogP contribution in [0.4, 0.5) is 15.2 Å². The summed E-state index contributed by atoms with van der Waals surface area (Å²) in [5.41, 5.74) is 3.33. The zero-order valence-corrected chi connectivity index (χ0v) is 23.3. The van der Waals surface area contributed by atoms with Gasteiger partial charge in [-0.15, -0.1) is 11.3 Å². The fraction of sp³-hybridized carbons (Fsp3) is 0.385. The van der Waals surface area contributed by atoms with Crippen LogP contribution in [0.2, 0.25) is 5.02 Å². The third-order valence-corrected chi connectivity index (χ3v) is 9.67. The summed E-state index contributed by atoms with van der Waals surface area (Å²) in [7, 11) is -2.96. The van der Waals surface area contributed by atoms with E-state index in [0.717, 1.165) is 38.8 Å². The first-order chi connectivity index (χ1) is 17.6. The molecule has 0 aliphatic carbocycles. The van der Waals surface area contributed by atoms with E-state index in [1.807, 2.05) is 36.9 Å². The number of benzene rings is 2. The second-order valence-corrected chi connectivity index (χ2v) is 12.3. The molecule has 7 nitrogen and oxygen atoms in total. The van der Waals surface area contributed by atoms with E-state index in [4.69, 9.17) is 16.3 Å². The van der Waals surface area contributed by atoms with Crippen molar-refractivity contribution < 1.29 is 22.3 Å². The molecule has 0 saturated carbocycles. The Morgan fingerprint density at radius 2 is 2.05 bits per heavy atom. The summed E-state index contributed by atoms with van der Waals surface area (Å²) in [6.07, 6.45) is 3.32. The van der Waals surface area contributed by atoms with Crippen molar-refractivity contribution in [1.29, 1.82) is 0 Å². The number of rotatable bonds is 9. The molecule has 3 aromatic rings. The van der Waals surface area contributed by atoms with Crippen molar-refractivity contribution >= 4 is 49.7 Å². The molecular formula is C26H29ClFN3O4S2. The van der Waals surface area contributed by atoms with Gasteiger partial charge in [0.05, 0.1) is 24.4 Å². The highest BCUT2D eigenvalue weighted by Crippen LogP contribution is 2.37. The van der Waals surface area contributed by atoms with Gasteiger partial charge >= 0.3 is 5.97 Å². The van der Waals surface area contributed by atoms with E-state index in [0.29, 0.717) is 31.6 Å². The second kappa shape index (κ2) is 11.4. The Hall–Kier alpha value is -2.69. The molecule has 1 aliphatic rings. The van der Waals surface area contributed by atoms with Crippen molar-refractivity contribution in [2.75, 3.05) is 29.4 Å². The fourth-order valence-corrected chi connectivity index (χ4v) is 7.15. The van der Waals surface area contributed by atoms with Crippen molar-refractivity contribution in [1.82, 2.24) is 4.98 Å². The van der Waals surface area contributed by atoms with E-state index < -0.39 is 20.7 Å². The van der Waals surface area contributed by atoms with Gasteiger partial charge < -0.3 is 9.64 Å². The Morgan fingerprint density at radius 1 is 1.27 bits per heavy atom. The van der Waals surface area contributed by atoms with Crippen LogP contribution in [0, 0.1) is 25.6 Å². The van der Waals surface area contributed by atoms with E-state index in [-0.39, 0.29) is 28.6 Å². The number of sulfonamides is 1. The Balaban J connectivity index is 1.61. The first kappa shape index (κ1) is 27.3. The molecule has 0 radical (unpaired) electrons. The van der Waals surface area contributed by atoms with Gasteiger partial charge in [-0.05, 0) is 55.4 Å². The van der Waals surface area contributed by atoms with Crippen molar-refractivity contribution in [3.63, 3.8) is 0 Å². The van der Waals surface area contributed by atoms with E-state index >= 15 is 4.39 Å². The first-order valence-corrected chi connectivity index (χ1v) is 14.6. The van der Waals surface area contributed by atoms with Crippen LogP contribution < -0.4 is 9.21 Å². The normalized spacial score (nSPS) is 15.7. The van der Waals surface area contributed by atoms with Crippen LogP contribution in [-0.2, 0) is 26.1 Å². The van der Waals surface area contributed by atoms with Crippen LogP contribution in [0.5, 0.6) is 0 Å². The lowest BCUT2D eigenvalue weighted by molar-refractivity contribution is -0.140. The lowest BCUT2D eigenvalue weighted by Gasteiger charge is -2.24. The highest BCUT2D eigenvalue weighted by Gasteiger charge is 2.32. The quantitative estimate of drug-likeness (QED) is 0.308. The SMILES string of the molecule is COC(=O)CCC1CCN(c2cc(F)c(S(=O)(=O)N(Cc3ccc(C)c(C)c3)c3nccs3)cc2Cl)C1. The van der Waals surface area contributed by atoms with Gasteiger partial charge in [0.15, 0.2) is 5.13 Å². The van der Waals surface area contributed by atoms with E-state index in [2.05, 4.69) is 4.98 Å². The zero-order chi connectivity index (χ0) is 26.7. The molecule has 1 aliphatic heterocycles. The largest absolute Gasteiger partial charge is 0.469 e. The molecule has 1 unspecified atom stereocenters. The molecule has 4 rings (SSSR count). The Labute approximate surface area is 225 Å². The minimum absolute atomic E-state index is 0.00375. The summed E-state index contributed by atoms with van der Waals surface area (Å²) in [5.74, 6) is -0.901. The molecule has 37 heavy (non-hydrogen) atoms. The van der Waals surface area contributed by atoms with Crippen molar-refractivity contribution in [3.05, 3.63) is 69.4 Å². The van der Waals surface area contributed by atoms with Gasteiger partial charge in [-0.3, -0.25) is 4.79 Å². The van der Waals surface area contributed by atoms with Gasteiger partial charge in [-0.1, -0.05) is 29.8 Å². The van der Waals surface area contributed by atoms with Gasteiger partial charge in [0.1, 0.15) is 10.7 Å². The molecule has 0 spiro atoms. The molecule has 11 heteroatoms. The van der Waals surface area contributed by atoms with Gasteiger partial charge in [0.25, 0.3) is 10.0 Å². The maximum Gasteiger partial charge on any atom is 0.305 e. The van der Waals surface area contributed by atoms with Crippen molar-refractivity contribution in [3.8, 4) is 0 Å². The average molecular weight is 566 g/mol. The number of aryl methyl sites for hydroxylation is 2. The summed E-state index contributed by atoms with van der Waals surface area (Å²) < 4.78 is 48.8. The summed E-state index contributed by atoms with van der Waals surface area (Å²) in [6, 6.07) is 8.08. The minimum atomic E-state index is -4.32. The molecule has 2 heterocycles. The molecule has 198 valence electrons. The molecule has 1 aromatic heterocycles. The number of esters is 1. The smallest absolute Gasteiger partial charge is 0.305 e. The lowest BCUT2D eigenvalue weighted by Crippen LogP contribution is -2.31. The first-order valence-electron chi connectivity index (χ1n) is 11.9. The Bertz CT molecular complexity index is 1380. The van der Waals surface area contributed by atoms with E-state index in [1.165, 1.54) is 25.4 Å². The van der Waals surface area contributed by atoms with Crippen LogP contribution in [0.3, 0.4) is 0 Å². The summed E-state index contributed by atoms with van der Waals surface area (Å²) in [5, 5.41) is 2.07. The topological polar surface area (TPSA) is 79.8 Å². The number of halogens is 2. The molecule has 1 atom stereocenters. The van der Waals surface area contributed by atoms with E-state index in [1.54, 1.807) is 5.38 Å². The maximum absolute atomic E-state index is 15.5. The Kier molecular flexibility index (Phi) is 8.40. The third kappa shape index (κ3) is 6.08. The number of carbonyl (C=O) groups is 1. The zero-order valence-electron chi connectivity index (χ0n) is 20.9. The predicted octanol–water partition coefficient (Wildman–Crippen LogP) is 5.73. The summed E-state index contributed by atoms with van der Waals surface area (Å²) >= 11 is 7.69. The molecule has 1 saturated heterocycles. The predicted molar refractivity (Wildman–Crippen MR) is 144 cm³/mol. The number of ether oxygens (including phenoxy) is 1. The number of hydrogen-bond acceptors (Lipinski definition) is 7. The second-order valence-electron chi connectivity index (χ2n) is 9.19. The maximum atomic E-state index is 15.5. The monoisotopic (exact) mass is 565 g/mol. The standard InChI is InChI=1S/C26H29ClFN3O4S2/c1-17-4-5-20(12-18(17)2)16-31(26-29-9-11-36-26)37(33,34)24-13-21(27)23(14-22(24)28)30-10-8-19(15-30)6-7-25(32)35-3/h4-5,9,11-14,19H,6-8,10,15-16H2,1-3H3. The van der Waals surface area contributed by atoms with E-state index in [9.17, 15) is 13.2 Å². The van der Waals surface area contributed by atoms with Crippen molar-refractivity contribution in [2.45, 2.75) is 44.6 Å². The number of carbonyl (C=O) groups excluding carboxylic acids is 1. The summed E-state index contributed by atoms with van der Waals surface area (Å²) in [4.78, 5) is 17.1. The van der Waals surface area contributed by atoms with Crippen LogP contribution in [0.25, 0.3) is 0 Å². The van der Waals surface area contributed by atoms with Gasteiger partial charge in [0, 0.05) is 37.2 Å². The summed E-state index contributed by atoms with van der Waals surface area (Å²) in [6.45, 7) is 5.17. The molecule has 0 amide bonds.